The Bertz CT molecular complexity index is 686. The molecule has 2 rings (SSSR count). The molecule has 3 N–H and O–H groups in total. The Morgan fingerprint density at radius 1 is 1.56 bits per heavy atom. The van der Waals surface area contributed by atoms with Gasteiger partial charge in [-0.25, -0.2) is 0 Å². The third-order valence-electron chi connectivity index (χ3n) is 2.16. The zero-order valence-electron chi connectivity index (χ0n) is 7.88. The topological polar surface area (TPSA) is 97.9 Å². The van der Waals surface area contributed by atoms with Gasteiger partial charge in [-0.05, 0) is 18.2 Å². The van der Waals surface area contributed by atoms with Crippen LogP contribution in [0.25, 0.3) is 11.0 Å². The van der Waals surface area contributed by atoms with Gasteiger partial charge in [-0.1, -0.05) is 20.8 Å². The van der Waals surface area contributed by atoms with E-state index in [-0.39, 0.29) is 22.5 Å². The number of aromatic nitrogens is 2. The van der Waals surface area contributed by atoms with Gasteiger partial charge in [-0.3, -0.25) is 5.73 Å². The van der Waals surface area contributed by atoms with Crippen molar-refractivity contribution in [2.24, 2.45) is 0 Å². The van der Waals surface area contributed by atoms with Crippen molar-refractivity contribution in [1.82, 2.24) is 4.73 Å². The highest BCUT2D eigenvalue weighted by molar-refractivity contribution is 9.10. The van der Waals surface area contributed by atoms with Crippen molar-refractivity contribution in [1.29, 1.82) is 5.26 Å². The molecule has 0 radical (unpaired) electrons. The fourth-order valence-corrected chi connectivity index (χ4v) is 1.75. The highest BCUT2D eigenvalue weighted by Gasteiger charge is 2.19. The number of nitriles is 1. The number of hydrogen-bond donors (Lipinski definition) is 2. The summed E-state index contributed by atoms with van der Waals surface area (Å²) in [6.45, 7) is 0. The molecule has 1 heterocycles. The summed E-state index contributed by atoms with van der Waals surface area (Å²) in [5.41, 5.74) is 5.53. The van der Waals surface area contributed by atoms with Gasteiger partial charge in [0.25, 0.3) is 0 Å². The lowest BCUT2D eigenvalue weighted by molar-refractivity contribution is -0.448. The molecule has 7 heteroatoms. The van der Waals surface area contributed by atoms with Gasteiger partial charge >= 0.3 is 5.82 Å². The molecule has 0 fully saturated rings. The maximum Gasteiger partial charge on any atom is 0.356 e. The van der Waals surface area contributed by atoms with E-state index in [1.807, 2.05) is 0 Å². The second-order valence-corrected chi connectivity index (χ2v) is 4.00. The Morgan fingerprint density at radius 3 is 2.88 bits per heavy atom. The van der Waals surface area contributed by atoms with Crippen molar-refractivity contribution in [2.45, 2.75) is 0 Å². The standard InChI is InChI=1S/C9H6BrN4O2/c10-5-1-2-6-7(3-5)13(15)8(4-11)9(12)14(6)16/h1-3,15H,12H2/q+1. The third kappa shape index (κ3) is 1.31. The molecule has 80 valence electrons. The van der Waals surface area contributed by atoms with Crippen LogP contribution >= 0.6 is 15.9 Å². The maximum absolute atomic E-state index is 11.7. The number of anilines is 1. The largest absolute Gasteiger partial charge is 0.427 e. The average Bonchev–Trinajstić information content (AvgIpc) is 2.27. The molecule has 0 saturated carbocycles. The molecule has 0 aliphatic heterocycles. The summed E-state index contributed by atoms with van der Waals surface area (Å²) >= 11 is 3.21. The fraction of sp³-hybridized carbons (Fsp3) is 0. The van der Waals surface area contributed by atoms with E-state index >= 15 is 0 Å². The highest BCUT2D eigenvalue weighted by Crippen LogP contribution is 2.19. The number of hydrogen-bond acceptors (Lipinski definition) is 4. The first-order chi connectivity index (χ1) is 7.56. The minimum Gasteiger partial charge on any atom is -0.427 e. The predicted octanol–water partition coefficient (Wildman–Crippen LogP) is 1.01. The van der Waals surface area contributed by atoms with Crippen molar-refractivity contribution in [3.63, 3.8) is 0 Å². The van der Waals surface area contributed by atoms with Crippen molar-refractivity contribution in [3.8, 4) is 6.07 Å². The quantitative estimate of drug-likeness (QED) is 0.556. The van der Waals surface area contributed by atoms with Gasteiger partial charge in [-0.15, -0.1) is 0 Å². The van der Waals surface area contributed by atoms with E-state index in [0.29, 0.717) is 13.6 Å². The SMILES string of the molecule is N#Cc1c(N)[n+](=O)c2ccc(Br)cc2n1O. The molecule has 16 heavy (non-hydrogen) atoms. The number of nitrogens with zero attached hydrogens (tertiary/aromatic N) is 3. The van der Waals surface area contributed by atoms with Gasteiger partial charge in [0.2, 0.25) is 11.2 Å². The van der Waals surface area contributed by atoms with E-state index in [9.17, 15) is 10.1 Å². The van der Waals surface area contributed by atoms with Gasteiger partial charge in [0, 0.05) is 8.90 Å². The predicted molar refractivity (Wildman–Crippen MR) is 59.3 cm³/mol. The first-order valence-corrected chi connectivity index (χ1v) is 5.01. The number of nitrogens with two attached hydrogens (primary N) is 1. The maximum atomic E-state index is 11.7. The molecule has 0 atom stereocenters. The first-order valence-electron chi connectivity index (χ1n) is 4.22. The lowest BCUT2D eigenvalue weighted by Gasteiger charge is -2.03. The molecule has 1 aromatic heterocycles. The summed E-state index contributed by atoms with van der Waals surface area (Å²) in [6, 6.07) is 6.32. The molecule has 0 spiro atoms. The number of halogens is 1. The minimum absolute atomic E-state index is 0.183. The van der Waals surface area contributed by atoms with E-state index in [1.54, 1.807) is 12.1 Å². The molecular weight excluding hydrogens is 276 g/mol. The second kappa shape index (κ2) is 3.50. The zero-order valence-corrected chi connectivity index (χ0v) is 9.47. The Balaban J connectivity index is 3.10. The van der Waals surface area contributed by atoms with E-state index in [0.717, 1.165) is 0 Å². The van der Waals surface area contributed by atoms with Crippen molar-refractivity contribution >= 4 is 32.8 Å². The molecule has 0 aliphatic rings. The van der Waals surface area contributed by atoms with Crippen molar-refractivity contribution in [3.05, 3.63) is 33.3 Å². The molecular formula is C9H6BrN4O2+. The van der Waals surface area contributed by atoms with E-state index in [1.165, 1.54) is 12.1 Å². The second-order valence-electron chi connectivity index (χ2n) is 3.08. The molecule has 0 unspecified atom stereocenters. The van der Waals surface area contributed by atoms with Crippen molar-refractivity contribution in [2.75, 3.05) is 5.73 Å². The van der Waals surface area contributed by atoms with Crippen molar-refractivity contribution < 1.29 is 9.63 Å². The molecule has 2 aromatic rings. The van der Waals surface area contributed by atoms with Crippen LogP contribution < -0.4 is 10.2 Å². The Hall–Kier alpha value is -2.07. The number of nitrogen functional groups attached to an aromatic ring is 1. The Labute approximate surface area is 97.8 Å². The summed E-state index contributed by atoms with van der Waals surface area (Å²) in [5.74, 6) is -0.333. The van der Waals surface area contributed by atoms with Crippen LogP contribution in [0.5, 0.6) is 0 Å². The summed E-state index contributed by atoms with van der Waals surface area (Å²) in [6.07, 6.45) is 0. The van der Waals surface area contributed by atoms with Crippen LogP contribution in [0.15, 0.2) is 22.7 Å². The third-order valence-corrected chi connectivity index (χ3v) is 2.66. The summed E-state index contributed by atoms with van der Waals surface area (Å²) < 4.78 is 1.69. The normalized spacial score (nSPS) is 10.2. The smallest absolute Gasteiger partial charge is 0.356 e. The molecule has 6 nitrogen and oxygen atoms in total. The van der Waals surface area contributed by atoms with Gasteiger partial charge in [0.15, 0.2) is 0 Å². The summed E-state index contributed by atoms with van der Waals surface area (Å²) in [7, 11) is 0. The van der Waals surface area contributed by atoms with Gasteiger partial charge < -0.3 is 5.21 Å². The number of rotatable bonds is 0. The number of benzene rings is 1. The van der Waals surface area contributed by atoms with Crippen LogP contribution in [0.4, 0.5) is 5.82 Å². The average molecular weight is 282 g/mol. The molecule has 1 aromatic carbocycles. The van der Waals surface area contributed by atoms with Crippen LogP contribution in [-0.4, -0.2) is 9.94 Å². The first kappa shape index (κ1) is 10.4. The van der Waals surface area contributed by atoms with E-state index in [2.05, 4.69) is 15.9 Å². The monoisotopic (exact) mass is 281 g/mol. The Morgan fingerprint density at radius 2 is 2.25 bits per heavy atom. The van der Waals surface area contributed by atoms with Crippen LogP contribution in [0.1, 0.15) is 5.69 Å². The molecule has 0 amide bonds. The number of fused-ring (bicyclic) bond motifs is 1. The fourth-order valence-electron chi connectivity index (χ4n) is 1.40. The molecule has 0 saturated heterocycles. The molecule has 0 bridgehead atoms. The van der Waals surface area contributed by atoms with Crippen LogP contribution in [0.3, 0.4) is 0 Å². The van der Waals surface area contributed by atoms with E-state index < -0.39 is 0 Å². The summed E-state index contributed by atoms with van der Waals surface area (Å²) in [5, 5.41) is 18.5. The van der Waals surface area contributed by atoms with Crippen LogP contribution in [0, 0.1) is 16.2 Å². The lowest BCUT2D eigenvalue weighted by atomic mass is 10.3. The van der Waals surface area contributed by atoms with Gasteiger partial charge in [-0.2, -0.15) is 9.99 Å². The summed E-state index contributed by atoms with van der Waals surface area (Å²) in [4.78, 5) is 11.7. The highest BCUT2D eigenvalue weighted by atomic mass is 79.9. The van der Waals surface area contributed by atoms with Crippen LogP contribution in [-0.2, 0) is 0 Å². The lowest BCUT2D eigenvalue weighted by Crippen LogP contribution is -2.26. The Kier molecular flexibility index (Phi) is 2.29. The van der Waals surface area contributed by atoms with E-state index in [4.69, 9.17) is 11.0 Å². The molecule has 0 aliphatic carbocycles. The van der Waals surface area contributed by atoms with Crippen LogP contribution in [0.2, 0.25) is 0 Å². The minimum atomic E-state index is -0.333. The van der Waals surface area contributed by atoms with Gasteiger partial charge in [0.05, 0.1) is 0 Å². The zero-order chi connectivity index (χ0) is 11.9. The van der Waals surface area contributed by atoms with Gasteiger partial charge in [0.1, 0.15) is 11.6 Å².